The zero-order valence-corrected chi connectivity index (χ0v) is 18.3. The topological polar surface area (TPSA) is 100 Å². The number of ether oxygens (including phenoxy) is 2. The number of hydrogen-bond acceptors (Lipinski definition) is 7. The van der Waals surface area contributed by atoms with Crippen LogP contribution < -0.4 is 15.0 Å². The first-order valence-electron chi connectivity index (χ1n) is 10.1. The lowest BCUT2D eigenvalue weighted by Gasteiger charge is -2.41. The van der Waals surface area contributed by atoms with Crippen molar-refractivity contribution in [2.45, 2.75) is 31.8 Å². The van der Waals surface area contributed by atoms with E-state index >= 15 is 0 Å². The first-order valence-corrected chi connectivity index (χ1v) is 10.1. The Morgan fingerprint density at radius 1 is 1.42 bits per heavy atom. The van der Waals surface area contributed by atoms with Gasteiger partial charge < -0.3 is 19.7 Å². The number of nitrogens with zero attached hydrogens (tertiary/aromatic N) is 4. The molecule has 8 nitrogen and oxygen atoms in total. The Bertz CT molecular complexity index is 921. The lowest BCUT2D eigenvalue weighted by molar-refractivity contribution is -0.143. The highest BCUT2D eigenvalue weighted by Crippen LogP contribution is 2.45. The van der Waals surface area contributed by atoms with Crippen molar-refractivity contribution >= 4 is 11.6 Å². The molecule has 0 atom stereocenters. The Hall–Kier alpha value is -3.44. The van der Waals surface area contributed by atoms with Crippen molar-refractivity contribution in [1.29, 1.82) is 5.26 Å². The number of carbonyl (C=O) groups is 1. The zero-order chi connectivity index (χ0) is 22.7. The summed E-state index contributed by atoms with van der Waals surface area (Å²) < 4.78 is 11.0. The Morgan fingerprint density at radius 2 is 2.19 bits per heavy atom. The van der Waals surface area contributed by atoms with E-state index in [1.807, 2.05) is 25.2 Å². The molecule has 2 aromatic heterocycles. The molecule has 1 amide bonds. The predicted octanol–water partition coefficient (Wildman–Crippen LogP) is 3.16. The second kappa shape index (κ2) is 11.7. The van der Waals surface area contributed by atoms with Crippen LogP contribution in [0.4, 0.5) is 5.69 Å². The van der Waals surface area contributed by atoms with Crippen LogP contribution in [0, 0.1) is 11.3 Å². The van der Waals surface area contributed by atoms with E-state index in [0.717, 1.165) is 37.1 Å². The first kappa shape index (κ1) is 23.8. The smallest absolute Gasteiger partial charge is 0.249 e. The van der Waals surface area contributed by atoms with E-state index in [4.69, 9.17) is 14.7 Å². The van der Waals surface area contributed by atoms with Crippen molar-refractivity contribution in [3.05, 3.63) is 60.8 Å². The Morgan fingerprint density at radius 3 is 2.77 bits per heavy atom. The minimum atomic E-state index is -0.403. The summed E-state index contributed by atoms with van der Waals surface area (Å²) in [6.07, 6.45) is 9.30. The van der Waals surface area contributed by atoms with Crippen LogP contribution in [0.3, 0.4) is 0 Å². The molecule has 1 saturated carbocycles. The van der Waals surface area contributed by atoms with E-state index in [-0.39, 0.29) is 12.5 Å². The minimum Gasteiger partial charge on any atom is -0.495 e. The van der Waals surface area contributed by atoms with E-state index < -0.39 is 5.60 Å². The maximum absolute atomic E-state index is 11.4. The number of aromatic nitrogens is 2. The van der Waals surface area contributed by atoms with Gasteiger partial charge in [0.25, 0.3) is 0 Å². The number of nitrogens with one attached hydrogen (secondary N) is 1. The number of nitriles is 1. The predicted molar refractivity (Wildman–Crippen MR) is 119 cm³/mol. The molecule has 0 bridgehead atoms. The quantitative estimate of drug-likeness (QED) is 0.696. The number of anilines is 1. The zero-order valence-electron chi connectivity index (χ0n) is 18.3. The van der Waals surface area contributed by atoms with Crippen LogP contribution in [0.15, 0.2) is 49.6 Å². The number of methoxy groups -OCH3 is 1. The fraction of sp³-hybridized carbons (Fsp3) is 0.391. The van der Waals surface area contributed by atoms with Crippen LogP contribution in [0.2, 0.25) is 0 Å². The molecule has 0 unspecified atom stereocenters. The Kier molecular flexibility index (Phi) is 8.97. The fourth-order valence-electron chi connectivity index (χ4n) is 3.05. The summed E-state index contributed by atoms with van der Waals surface area (Å²) in [6, 6.07) is 7.60. The molecule has 1 fully saturated rings. The third kappa shape index (κ3) is 6.52. The summed E-state index contributed by atoms with van der Waals surface area (Å²) in [6.45, 7) is 6.45. The highest BCUT2D eigenvalue weighted by Gasteiger charge is 2.40. The van der Waals surface area contributed by atoms with Crippen molar-refractivity contribution in [3.8, 4) is 11.8 Å². The van der Waals surface area contributed by atoms with Gasteiger partial charge in [-0.05, 0) is 50.6 Å². The molecule has 0 saturated heterocycles. The molecule has 2 heterocycles. The van der Waals surface area contributed by atoms with E-state index in [1.165, 1.54) is 6.20 Å². The summed E-state index contributed by atoms with van der Waals surface area (Å²) in [5.41, 5.74) is 2.06. The van der Waals surface area contributed by atoms with Gasteiger partial charge in [0.2, 0.25) is 5.91 Å². The SMILES string of the molecule is C=CNC(=O)COC1(c2cncc(OC)c2)CCC1.CCN(C)c1ccnc(C#N)c1. The Balaban J connectivity index is 0.000000245. The van der Waals surface area contributed by atoms with Crippen LogP contribution in [0.5, 0.6) is 5.75 Å². The van der Waals surface area contributed by atoms with Gasteiger partial charge in [0.1, 0.15) is 24.1 Å². The molecule has 31 heavy (non-hydrogen) atoms. The number of amides is 1. The average Bonchev–Trinajstić information content (AvgIpc) is 2.78. The van der Waals surface area contributed by atoms with Gasteiger partial charge >= 0.3 is 0 Å². The van der Waals surface area contributed by atoms with Crippen LogP contribution in [0.25, 0.3) is 0 Å². The summed E-state index contributed by atoms with van der Waals surface area (Å²) in [4.78, 5) is 21.5. The molecule has 1 N–H and O–H groups in total. The van der Waals surface area contributed by atoms with Crippen molar-refractivity contribution in [2.24, 2.45) is 0 Å². The fourth-order valence-corrected chi connectivity index (χ4v) is 3.05. The van der Waals surface area contributed by atoms with Gasteiger partial charge in [-0.25, -0.2) is 4.98 Å². The van der Waals surface area contributed by atoms with Crippen LogP contribution in [-0.4, -0.2) is 43.2 Å². The maximum atomic E-state index is 11.4. The van der Waals surface area contributed by atoms with E-state index in [0.29, 0.717) is 11.4 Å². The Labute approximate surface area is 183 Å². The normalized spacial score (nSPS) is 13.5. The first-order chi connectivity index (χ1) is 15.0. The number of hydrogen-bond donors (Lipinski definition) is 1. The van der Waals surface area contributed by atoms with Gasteiger partial charge in [0.05, 0.1) is 18.9 Å². The molecular formula is C23H29N5O3. The minimum absolute atomic E-state index is 0.0171. The highest BCUT2D eigenvalue weighted by molar-refractivity contribution is 5.78. The molecule has 1 aliphatic carbocycles. The van der Waals surface area contributed by atoms with Gasteiger partial charge in [-0.3, -0.25) is 9.78 Å². The molecule has 3 rings (SSSR count). The molecule has 1 aliphatic rings. The monoisotopic (exact) mass is 423 g/mol. The van der Waals surface area contributed by atoms with Crippen LogP contribution >= 0.6 is 0 Å². The molecular weight excluding hydrogens is 394 g/mol. The van der Waals surface area contributed by atoms with Crippen molar-refractivity contribution < 1.29 is 14.3 Å². The van der Waals surface area contributed by atoms with Crippen LogP contribution in [-0.2, 0) is 15.1 Å². The lowest BCUT2D eigenvalue weighted by atomic mass is 9.75. The number of carbonyl (C=O) groups excluding carboxylic acids is 1. The van der Waals surface area contributed by atoms with Gasteiger partial charge in [-0.1, -0.05) is 6.58 Å². The van der Waals surface area contributed by atoms with Gasteiger partial charge in [0.15, 0.2) is 0 Å². The summed E-state index contributed by atoms with van der Waals surface area (Å²) in [7, 11) is 3.59. The number of rotatable bonds is 8. The van der Waals surface area contributed by atoms with Crippen molar-refractivity contribution in [1.82, 2.24) is 15.3 Å². The average molecular weight is 424 g/mol. The van der Waals surface area contributed by atoms with E-state index in [2.05, 4.69) is 33.7 Å². The van der Waals surface area contributed by atoms with E-state index in [1.54, 1.807) is 31.8 Å². The maximum Gasteiger partial charge on any atom is 0.249 e. The van der Waals surface area contributed by atoms with Crippen LogP contribution in [0.1, 0.15) is 37.4 Å². The van der Waals surface area contributed by atoms with E-state index in [9.17, 15) is 4.79 Å². The largest absolute Gasteiger partial charge is 0.495 e. The molecule has 164 valence electrons. The lowest BCUT2D eigenvalue weighted by Crippen LogP contribution is -2.40. The number of pyridine rings is 2. The summed E-state index contributed by atoms with van der Waals surface area (Å²) >= 11 is 0. The molecule has 0 aromatic carbocycles. The molecule has 2 aromatic rings. The summed E-state index contributed by atoms with van der Waals surface area (Å²) in [5.74, 6) is 0.500. The van der Waals surface area contributed by atoms with Gasteiger partial charge in [-0.15, -0.1) is 0 Å². The third-order valence-corrected chi connectivity index (χ3v) is 5.15. The molecule has 0 spiro atoms. The van der Waals surface area contributed by atoms with Crippen molar-refractivity contribution in [2.75, 3.05) is 32.2 Å². The highest BCUT2D eigenvalue weighted by atomic mass is 16.5. The molecule has 0 radical (unpaired) electrons. The molecule has 0 aliphatic heterocycles. The second-order valence-electron chi connectivity index (χ2n) is 7.05. The van der Waals surface area contributed by atoms with Gasteiger partial charge in [-0.2, -0.15) is 5.26 Å². The van der Waals surface area contributed by atoms with Crippen molar-refractivity contribution in [3.63, 3.8) is 0 Å². The third-order valence-electron chi connectivity index (χ3n) is 5.15. The summed E-state index contributed by atoms with van der Waals surface area (Å²) in [5, 5.41) is 11.1. The van der Waals surface area contributed by atoms with Gasteiger partial charge in [0, 0.05) is 37.2 Å². The standard InChI is InChI=1S/C14H18N2O3.C9H11N3/c1-3-16-13(17)10-19-14(5-4-6-14)11-7-12(18-2)9-15-8-11;1-3-12(2)9-4-5-11-8(6-9)7-10/h3,7-9H,1,4-6,10H2,2H3,(H,16,17);4-6H,3H2,1-2H3. The second-order valence-corrected chi connectivity index (χ2v) is 7.05. The molecule has 8 heteroatoms.